The highest BCUT2D eigenvalue weighted by Crippen LogP contribution is 2.46. The van der Waals surface area contributed by atoms with Crippen LogP contribution < -0.4 is 0 Å². The Hall–Kier alpha value is -2.08. The Balaban J connectivity index is 1.56. The Labute approximate surface area is 126 Å². The standard InChI is InChI=1S/C21H20/c1-2-9-16(8-1)10-7-15-21-19-13-5-3-11-17(19)18-12-4-6-14-20(18)21/h1-6,8-9,11-14,16,21H,7,10,15H2. The Bertz CT molecular complexity index is 648. The van der Waals surface area contributed by atoms with Gasteiger partial charge in [0.1, 0.15) is 0 Å². The van der Waals surface area contributed by atoms with E-state index in [1.165, 1.54) is 41.5 Å². The van der Waals surface area contributed by atoms with Gasteiger partial charge in [-0.2, -0.15) is 0 Å². The molecule has 0 aliphatic heterocycles. The fourth-order valence-electron chi connectivity index (χ4n) is 3.80. The summed E-state index contributed by atoms with van der Waals surface area (Å²) in [6, 6.07) is 17.9. The zero-order chi connectivity index (χ0) is 14.1. The SMILES string of the molecule is C1=CC(CCCC2c3ccccc3-c3ccccc32)C=C1. The highest BCUT2D eigenvalue weighted by molar-refractivity contribution is 5.78. The molecular formula is C21H20. The fraction of sp³-hybridized carbons (Fsp3) is 0.238. The van der Waals surface area contributed by atoms with Gasteiger partial charge in [-0.05, 0) is 41.0 Å². The summed E-state index contributed by atoms with van der Waals surface area (Å²) in [6.07, 6.45) is 12.8. The van der Waals surface area contributed by atoms with Crippen molar-refractivity contribution in [1.29, 1.82) is 0 Å². The lowest BCUT2D eigenvalue weighted by atomic mass is 9.90. The van der Waals surface area contributed by atoms with Gasteiger partial charge in [-0.25, -0.2) is 0 Å². The van der Waals surface area contributed by atoms with Gasteiger partial charge in [0.05, 0.1) is 0 Å². The van der Waals surface area contributed by atoms with E-state index in [4.69, 9.17) is 0 Å². The van der Waals surface area contributed by atoms with Crippen molar-refractivity contribution in [2.45, 2.75) is 25.2 Å². The summed E-state index contributed by atoms with van der Waals surface area (Å²) in [5.74, 6) is 1.25. The maximum atomic E-state index is 2.32. The molecule has 0 unspecified atom stereocenters. The Morgan fingerprint density at radius 1 is 0.667 bits per heavy atom. The minimum Gasteiger partial charge on any atom is -0.0776 e. The van der Waals surface area contributed by atoms with Gasteiger partial charge in [0.25, 0.3) is 0 Å². The summed E-state index contributed by atoms with van der Waals surface area (Å²) in [7, 11) is 0. The lowest BCUT2D eigenvalue weighted by Gasteiger charge is -2.14. The molecule has 2 aliphatic rings. The molecule has 21 heavy (non-hydrogen) atoms. The predicted octanol–water partition coefficient (Wildman–Crippen LogP) is 5.71. The average molecular weight is 272 g/mol. The summed E-state index contributed by atoms with van der Waals surface area (Å²) in [5, 5.41) is 0. The summed E-state index contributed by atoms with van der Waals surface area (Å²) >= 11 is 0. The molecule has 2 aromatic carbocycles. The van der Waals surface area contributed by atoms with Crippen LogP contribution in [0.15, 0.2) is 72.8 Å². The van der Waals surface area contributed by atoms with Crippen LogP contribution in [0.25, 0.3) is 11.1 Å². The molecule has 104 valence electrons. The van der Waals surface area contributed by atoms with Gasteiger partial charge in [-0.15, -0.1) is 0 Å². The summed E-state index contributed by atoms with van der Waals surface area (Å²) in [5.41, 5.74) is 5.94. The lowest BCUT2D eigenvalue weighted by Crippen LogP contribution is -1.98. The second kappa shape index (κ2) is 5.37. The maximum absolute atomic E-state index is 2.32. The molecule has 0 radical (unpaired) electrons. The van der Waals surface area contributed by atoms with Crippen molar-refractivity contribution in [3.8, 4) is 11.1 Å². The Morgan fingerprint density at radius 3 is 1.86 bits per heavy atom. The van der Waals surface area contributed by atoms with Gasteiger partial charge in [-0.1, -0.05) is 79.3 Å². The van der Waals surface area contributed by atoms with Crippen LogP contribution in [-0.2, 0) is 0 Å². The normalized spacial score (nSPS) is 16.4. The highest BCUT2D eigenvalue weighted by Gasteiger charge is 2.27. The van der Waals surface area contributed by atoms with Crippen LogP contribution in [0, 0.1) is 5.92 Å². The highest BCUT2D eigenvalue weighted by atomic mass is 14.3. The predicted molar refractivity (Wildman–Crippen MR) is 89.3 cm³/mol. The van der Waals surface area contributed by atoms with E-state index in [0.717, 1.165) is 0 Å². The molecule has 0 amide bonds. The van der Waals surface area contributed by atoms with Gasteiger partial charge < -0.3 is 0 Å². The number of hydrogen-bond donors (Lipinski definition) is 0. The molecule has 0 atom stereocenters. The van der Waals surface area contributed by atoms with Crippen molar-refractivity contribution in [3.05, 3.63) is 84.0 Å². The van der Waals surface area contributed by atoms with Gasteiger partial charge in [0.15, 0.2) is 0 Å². The molecule has 0 aromatic heterocycles. The summed E-state index contributed by atoms with van der Waals surface area (Å²) in [6.45, 7) is 0. The molecule has 2 aliphatic carbocycles. The van der Waals surface area contributed by atoms with Gasteiger partial charge >= 0.3 is 0 Å². The average Bonchev–Trinajstić information content (AvgIpc) is 3.15. The number of allylic oxidation sites excluding steroid dienone is 4. The maximum Gasteiger partial charge on any atom is 0.0102 e. The number of rotatable bonds is 4. The van der Waals surface area contributed by atoms with Crippen LogP contribution in [-0.4, -0.2) is 0 Å². The second-order valence-corrected chi connectivity index (χ2v) is 6.09. The summed E-state index contributed by atoms with van der Waals surface area (Å²) in [4.78, 5) is 0. The molecule has 0 N–H and O–H groups in total. The smallest absolute Gasteiger partial charge is 0.0102 e. The number of benzene rings is 2. The minimum absolute atomic E-state index is 0.590. The Kier molecular flexibility index (Phi) is 3.23. The van der Waals surface area contributed by atoms with Gasteiger partial charge in [0.2, 0.25) is 0 Å². The van der Waals surface area contributed by atoms with Crippen LogP contribution >= 0.6 is 0 Å². The molecule has 0 bridgehead atoms. The molecule has 0 saturated heterocycles. The molecule has 0 heteroatoms. The van der Waals surface area contributed by atoms with E-state index in [0.29, 0.717) is 11.8 Å². The van der Waals surface area contributed by atoms with E-state index in [-0.39, 0.29) is 0 Å². The molecule has 0 fully saturated rings. The van der Waals surface area contributed by atoms with Crippen LogP contribution in [0.1, 0.15) is 36.3 Å². The second-order valence-electron chi connectivity index (χ2n) is 6.09. The van der Waals surface area contributed by atoms with Crippen LogP contribution in [0.3, 0.4) is 0 Å². The monoisotopic (exact) mass is 272 g/mol. The first kappa shape index (κ1) is 12.6. The Morgan fingerprint density at radius 2 is 1.24 bits per heavy atom. The zero-order valence-electron chi connectivity index (χ0n) is 12.2. The minimum atomic E-state index is 0.590. The van der Waals surface area contributed by atoms with Crippen LogP contribution in [0.2, 0.25) is 0 Å². The molecule has 0 nitrogen and oxygen atoms in total. The van der Waals surface area contributed by atoms with E-state index >= 15 is 0 Å². The van der Waals surface area contributed by atoms with Crippen molar-refractivity contribution < 1.29 is 0 Å². The van der Waals surface area contributed by atoms with E-state index in [2.05, 4.69) is 72.8 Å². The topological polar surface area (TPSA) is 0 Å². The molecular weight excluding hydrogens is 252 g/mol. The van der Waals surface area contributed by atoms with Crippen molar-refractivity contribution in [2.24, 2.45) is 5.92 Å². The largest absolute Gasteiger partial charge is 0.0776 e. The van der Waals surface area contributed by atoms with E-state index < -0.39 is 0 Å². The third-order valence-electron chi connectivity index (χ3n) is 4.82. The first-order chi connectivity index (χ1) is 10.4. The van der Waals surface area contributed by atoms with E-state index in [1.807, 2.05) is 0 Å². The molecule has 0 saturated carbocycles. The van der Waals surface area contributed by atoms with Crippen LogP contribution in [0.5, 0.6) is 0 Å². The lowest BCUT2D eigenvalue weighted by molar-refractivity contribution is 0.592. The molecule has 4 rings (SSSR count). The van der Waals surface area contributed by atoms with Gasteiger partial charge in [0, 0.05) is 5.92 Å². The van der Waals surface area contributed by atoms with Crippen LogP contribution in [0.4, 0.5) is 0 Å². The van der Waals surface area contributed by atoms with Crippen molar-refractivity contribution in [2.75, 3.05) is 0 Å². The zero-order valence-corrected chi connectivity index (χ0v) is 12.2. The van der Waals surface area contributed by atoms with Gasteiger partial charge in [-0.3, -0.25) is 0 Å². The molecule has 0 heterocycles. The van der Waals surface area contributed by atoms with Crippen molar-refractivity contribution in [3.63, 3.8) is 0 Å². The third-order valence-corrected chi connectivity index (χ3v) is 4.82. The number of fused-ring (bicyclic) bond motifs is 3. The quantitative estimate of drug-likeness (QED) is 0.668. The van der Waals surface area contributed by atoms with Crippen molar-refractivity contribution >= 4 is 0 Å². The first-order valence-corrected chi connectivity index (χ1v) is 7.97. The molecule has 0 spiro atoms. The van der Waals surface area contributed by atoms with Crippen molar-refractivity contribution in [1.82, 2.24) is 0 Å². The fourth-order valence-corrected chi connectivity index (χ4v) is 3.80. The number of hydrogen-bond acceptors (Lipinski definition) is 0. The first-order valence-electron chi connectivity index (χ1n) is 7.97. The molecule has 2 aromatic rings. The summed E-state index contributed by atoms with van der Waals surface area (Å²) < 4.78 is 0. The van der Waals surface area contributed by atoms with E-state index in [1.54, 1.807) is 0 Å². The third kappa shape index (κ3) is 2.25. The van der Waals surface area contributed by atoms with E-state index in [9.17, 15) is 0 Å².